The number of aliphatic hydroxyl groups is 1. The number of quaternary nitrogens is 1. The lowest BCUT2D eigenvalue weighted by Gasteiger charge is -2.63. The number of amides is 1. The number of methoxy groups -OCH3 is 1. The number of nitrogens with zero attached hydrogens (tertiary/aromatic N) is 1. The molecule has 2 aliphatic heterocycles. The van der Waals surface area contributed by atoms with E-state index in [4.69, 9.17) is 9.47 Å². The van der Waals surface area contributed by atoms with Crippen LogP contribution < -0.4 is 5.32 Å². The maximum atomic E-state index is 14.4. The fourth-order valence-corrected chi connectivity index (χ4v) is 10.2. The minimum absolute atomic E-state index is 0.0331. The molecule has 1 amide bonds. The van der Waals surface area contributed by atoms with Crippen molar-refractivity contribution in [2.45, 2.75) is 82.5 Å². The molecule has 2 saturated heterocycles. The van der Waals surface area contributed by atoms with E-state index in [2.05, 4.69) is 43.4 Å². The summed E-state index contributed by atoms with van der Waals surface area (Å²) in [4.78, 5) is 13.6. The van der Waals surface area contributed by atoms with Gasteiger partial charge < -0.3 is 24.4 Å². The Bertz CT molecular complexity index is 1640. The first-order chi connectivity index (χ1) is 22.9. The number of halogens is 3. The first kappa shape index (κ1) is 33.1. The lowest BCUT2D eigenvalue weighted by molar-refractivity contribution is -0.965. The number of piperidine rings is 1. The van der Waals surface area contributed by atoms with Crippen LogP contribution in [0.15, 0.2) is 89.2 Å². The van der Waals surface area contributed by atoms with E-state index < -0.39 is 29.5 Å². The largest absolute Gasteiger partial charge is 0.508 e. The summed E-state index contributed by atoms with van der Waals surface area (Å²) in [6, 6.07) is 18.8. The van der Waals surface area contributed by atoms with Crippen LogP contribution in [0.2, 0.25) is 0 Å². The van der Waals surface area contributed by atoms with E-state index in [1.54, 1.807) is 18.2 Å². The van der Waals surface area contributed by atoms with Crippen LogP contribution in [0.25, 0.3) is 6.08 Å². The third-order valence-electron chi connectivity index (χ3n) is 11.9. The van der Waals surface area contributed by atoms with Crippen LogP contribution in [0.3, 0.4) is 0 Å². The number of carbonyl (C=O) groups is 1. The zero-order valence-corrected chi connectivity index (χ0v) is 27.9. The highest BCUT2D eigenvalue weighted by Crippen LogP contribution is 2.68. The van der Waals surface area contributed by atoms with Gasteiger partial charge in [0.15, 0.2) is 5.72 Å². The Morgan fingerprint density at radius 3 is 2.50 bits per heavy atom. The van der Waals surface area contributed by atoms with Crippen molar-refractivity contribution < 1.29 is 37.0 Å². The standard InChI is InChI=1S/C39H45F3N2O4/c1-25(2)24-44(19-17-26-11-6-4-7-12-26)20-18-37-29-15-10-16-33(37)48-35-34(37)28(22-31(29)44)32(45)23-38(35,47-3)43-36(46)30(39(40,41)42)21-27-13-8-5-9-14-27/h4-9,11-14,21,23,25,29,31,33,35H,10,15-20,22,24H2,1-3H3,(H-,43,45,46)/p+1/t29-,31+,33-,35?,37+,38?,44?/m0/s1. The number of allylic oxidation sites excluding steroid dienone is 1. The van der Waals surface area contributed by atoms with Crippen molar-refractivity contribution in [2.75, 3.05) is 26.7 Å². The number of aliphatic hydroxyl groups excluding tert-OH is 1. The van der Waals surface area contributed by atoms with Gasteiger partial charge in [0.2, 0.25) is 0 Å². The predicted octanol–water partition coefficient (Wildman–Crippen LogP) is 7.29. The summed E-state index contributed by atoms with van der Waals surface area (Å²) in [6.45, 7) is 7.58. The Hall–Kier alpha value is -3.40. The Labute approximate surface area is 280 Å². The molecule has 5 aliphatic rings. The fourth-order valence-electron chi connectivity index (χ4n) is 10.2. The summed E-state index contributed by atoms with van der Waals surface area (Å²) in [5.74, 6) is -0.590. The number of carbonyl (C=O) groups excluding carboxylic acids is 1. The van der Waals surface area contributed by atoms with Gasteiger partial charge >= 0.3 is 6.18 Å². The molecule has 7 rings (SSSR count). The number of nitrogens with one attached hydrogen (secondary N) is 1. The van der Waals surface area contributed by atoms with Gasteiger partial charge in [-0.2, -0.15) is 13.2 Å². The van der Waals surface area contributed by atoms with Crippen LogP contribution in [-0.4, -0.2) is 72.4 Å². The SMILES string of the molecule is COC1(NC(=O)C(=Cc2ccccc2)C(F)(F)F)C=C(O)C2=C3C1O[C@H]1CCC[C@H]4[C@@H](C2)[N+](CCc2ccccc2)(CC(C)C)CC[C@]314. The normalized spacial score (nSPS) is 34.1. The Kier molecular flexibility index (Phi) is 8.40. The molecule has 2 N–H and O–H groups in total. The average molecular weight is 664 g/mol. The second kappa shape index (κ2) is 12.2. The van der Waals surface area contributed by atoms with Crippen molar-refractivity contribution in [3.05, 3.63) is 100 Å². The quantitative estimate of drug-likeness (QED) is 0.168. The van der Waals surface area contributed by atoms with Crippen LogP contribution in [0.4, 0.5) is 13.2 Å². The van der Waals surface area contributed by atoms with Crippen LogP contribution in [0.1, 0.15) is 57.1 Å². The lowest BCUT2D eigenvalue weighted by Crippen LogP contribution is -2.71. The van der Waals surface area contributed by atoms with Crippen LogP contribution in [-0.2, 0) is 20.7 Å². The molecule has 48 heavy (non-hydrogen) atoms. The maximum absolute atomic E-state index is 14.4. The highest BCUT2D eigenvalue weighted by Gasteiger charge is 2.72. The van der Waals surface area contributed by atoms with Crippen LogP contribution in [0.5, 0.6) is 0 Å². The minimum Gasteiger partial charge on any atom is -0.508 e. The molecule has 0 aromatic heterocycles. The van der Waals surface area contributed by atoms with Gasteiger partial charge in [0.1, 0.15) is 17.4 Å². The zero-order chi connectivity index (χ0) is 33.9. The van der Waals surface area contributed by atoms with Gasteiger partial charge in [-0.1, -0.05) is 80.9 Å². The molecule has 6 nitrogen and oxygen atoms in total. The molecule has 3 fully saturated rings. The van der Waals surface area contributed by atoms with Crippen molar-refractivity contribution in [3.8, 4) is 0 Å². The number of benzene rings is 2. The third kappa shape index (κ3) is 5.33. The van der Waals surface area contributed by atoms with Crippen molar-refractivity contribution in [1.82, 2.24) is 5.32 Å². The van der Waals surface area contributed by atoms with Gasteiger partial charge in [-0.05, 0) is 35.6 Å². The van der Waals surface area contributed by atoms with E-state index in [1.165, 1.54) is 30.9 Å². The monoisotopic (exact) mass is 663 g/mol. The predicted molar refractivity (Wildman–Crippen MR) is 177 cm³/mol. The summed E-state index contributed by atoms with van der Waals surface area (Å²) in [5, 5.41) is 14.4. The summed E-state index contributed by atoms with van der Waals surface area (Å²) in [6.07, 6.45) is 1.63. The van der Waals surface area contributed by atoms with E-state index in [-0.39, 0.29) is 28.9 Å². The van der Waals surface area contributed by atoms with E-state index in [0.29, 0.717) is 18.3 Å². The molecular formula is C39H46F3N2O4+. The number of rotatable bonds is 9. The molecule has 2 heterocycles. The van der Waals surface area contributed by atoms with E-state index in [0.717, 1.165) is 73.4 Å². The molecule has 1 saturated carbocycles. The molecule has 1 spiro atoms. The van der Waals surface area contributed by atoms with Crippen molar-refractivity contribution in [1.29, 1.82) is 0 Å². The second-order valence-electron chi connectivity index (χ2n) is 14.9. The summed E-state index contributed by atoms with van der Waals surface area (Å²) >= 11 is 0. The first-order valence-electron chi connectivity index (χ1n) is 17.3. The van der Waals surface area contributed by atoms with Gasteiger partial charge in [0.25, 0.3) is 5.91 Å². The molecule has 2 aromatic carbocycles. The summed E-state index contributed by atoms with van der Waals surface area (Å²) < 4.78 is 56.9. The highest BCUT2D eigenvalue weighted by molar-refractivity contribution is 5.99. The summed E-state index contributed by atoms with van der Waals surface area (Å²) in [5.41, 5.74) is -0.189. The molecule has 256 valence electrons. The third-order valence-corrected chi connectivity index (χ3v) is 11.9. The molecule has 9 heteroatoms. The minimum atomic E-state index is -4.92. The molecule has 3 unspecified atom stereocenters. The van der Waals surface area contributed by atoms with E-state index in [1.807, 2.05) is 6.07 Å². The number of ether oxygens (including phenoxy) is 2. The zero-order valence-electron chi connectivity index (χ0n) is 27.9. The summed E-state index contributed by atoms with van der Waals surface area (Å²) in [7, 11) is 1.35. The molecule has 3 aliphatic carbocycles. The molecule has 0 radical (unpaired) electrons. The van der Waals surface area contributed by atoms with Crippen molar-refractivity contribution >= 4 is 12.0 Å². The Morgan fingerprint density at radius 2 is 1.83 bits per heavy atom. The smallest absolute Gasteiger partial charge is 0.421 e. The first-order valence-corrected chi connectivity index (χ1v) is 17.3. The van der Waals surface area contributed by atoms with Crippen molar-refractivity contribution in [2.24, 2.45) is 17.3 Å². The topological polar surface area (TPSA) is 67.8 Å². The number of hydrogen-bond donors (Lipinski definition) is 2. The number of alkyl halides is 3. The number of hydrogen-bond acceptors (Lipinski definition) is 4. The molecule has 7 atom stereocenters. The van der Waals surface area contributed by atoms with Crippen LogP contribution in [0, 0.1) is 17.3 Å². The molecule has 2 aromatic rings. The maximum Gasteiger partial charge on any atom is 0.421 e. The Morgan fingerprint density at radius 1 is 1.12 bits per heavy atom. The highest BCUT2D eigenvalue weighted by atomic mass is 19.4. The van der Waals surface area contributed by atoms with Gasteiger partial charge in [0.05, 0.1) is 31.8 Å². The van der Waals surface area contributed by atoms with Gasteiger partial charge in [-0.3, -0.25) is 4.79 Å². The van der Waals surface area contributed by atoms with Crippen molar-refractivity contribution in [3.63, 3.8) is 0 Å². The number of likely N-dealkylation sites (tertiary alicyclic amines) is 1. The second-order valence-corrected chi connectivity index (χ2v) is 14.9. The van der Waals surface area contributed by atoms with Gasteiger partial charge in [0, 0.05) is 55.3 Å². The Balaban J connectivity index is 1.27. The molecule has 2 bridgehead atoms. The van der Waals surface area contributed by atoms with Gasteiger partial charge in [-0.15, -0.1) is 0 Å². The lowest BCUT2D eigenvalue weighted by atomic mass is 9.49. The molecular weight excluding hydrogens is 617 g/mol. The van der Waals surface area contributed by atoms with E-state index in [9.17, 15) is 23.1 Å². The average Bonchev–Trinajstić information content (AvgIpc) is 3.40. The van der Waals surface area contributed by atoms with E-state index >= 15 is 0 Å². The van der Waals surface area contributed by atoms with Gasteiger partial charge in [-0.25, -0.2) is 0 Å². The van der Waals surface area contributed by atoms with Crippen LogP contribution >= 0.6 is 0 Å². The fraction of sp³-hybridized carbons (Fsp3) is 0.513.